The summed E-state index contributed by atoms with van der Waals surface area (Å²) in [6, 6.07) is 15.6. The summed E-state index contributed by atoms with van der Waals surface area (Å²) in [7, 11) is 0. The monoisotopic (exact) mass is 339 g/mol. The van der Waals surface area contributed by atoms with Crippen LogP contribution in [0.3, 0.4) is 0 Å². The van der Waals surface area contributed by atoms with E-state index in [1.807, 2.05) is 37.3 Å². The number of thiocarbonyl (C=S) groups is 1. The Labute approximate surface area is 145 Å². The van der Waals surface area contributed by atoms with Gasteiger partial charge in [0.25, 0.3) is 5.91 Å². The summed E-state index contributed by atoms with van der Waals surface area (Å²) in [6.07, 6.45) is 0. The first-order valence-corrected chi connectivity index (χ1v) is 7.89. The Bertz CT molecular complexity index is 801. The van der Waals surface area contributed by atoms with Gasteiger partial charge in [-0.25, -0.2) is 0 Å². The zero-order chi connectivity index (χ0) is 17.1. The number of carbonyl (C=O) groups excluding carboxylic acids is 1. The molecule has 0 spiro atoms. The van der Waals surface area contributed by atoms with E-state index in [1.165, 1.54) is 0 Å². The second kappa shape index (κ2) is 6.72. The Morgan fingerprint density at radius 3 is 2.46 bits per heavy atom. The summed E-state index contributed by atoms with van der Waals surface area (Å²) >= 11 is 5.22. The van der Waals surface area contributed by atoms with Crippen molar-refractivity contribution in [1.29, 1.82) is 0 Å². The molecule has 2 aromatic carbocycles. The number of nitrogens with one attached hydrogen (secondary N) is 3. The van der Waals surface area contributed by atoms with Gasteiger partial charge >= 0.3 is 0 Å². The Hall–Kier alpha value is -2.86. The molecule has 5 nitrogen and oxygen atoms in total. The third-order valence-electron chi connectivity index (χ3n) is 3.77. The molecule has 0 fully saturated rings. The van der Waals surface area contributed by atoms with Gasteiger partial charge < -0.3 is 21.1 Å². The van der Waals surface area contributed by atoms with E-state index >= 15 is 0 Å². The van der Waals surface area contributed by atoms with Crippen LogP contribution in [0.2, 0.25) is 0 Å². The molecule has 0 saturated carbocycles. The number of aromatic hydroxyl groups is 1. The number of benzene rings is 2. The molecule has 0 bridgehead atoms. The molecule has 1 aliphatic heterocycles. The van der Waals surface area contributed by atoms with Gasteiger partial charge in [-0.05, 0) is 49.0 Å². The first-order chi connectivity index (χ1) is 11.5. The van der Waals surface area contributed by atoms with Crippen LogP contribution in [0.15, 0.2) is 65.9 Å². The normalized spacial score (nSPS) is 17.0. The van der Waals surface area contributed by atoms with Crippen LogP contribution < -0.4 is 16.0 Å². The second-order valence-electron chi connectivity index (χ2n) is 5.48. The number of anilines is 1. The number of hydrogen-bond acceptors (Lipinski definition) is 3. The van der Waals surface area contributed by atoms with Gasteiger partial charge in [0.15, 0.2) is 5.11 Å². The molecule has 122 valence electrons. The molecule has 1 atom stereocenters. The van der Waals surface area contributed by atoms with Crippen LogP contribution in [-0.4, -0.2) is 16.1 Å². The smallest absolute Gasteiger partial charge is 0.255 e. The van der Waals surface area contributed by atoms with E-state index in [-0.39, 0.29) is 17.7 Å². The summed E-state index contributed by atoms with van der Waals surface area (Å²) in [5.41, 5.74) is 2.82. The van der Waals surface area contributed by atoms with Gasteiger partial charge in [-0.15, -0.1) is 0 Å². The molecule has 0 unspecified atom stereocenters. The molecule has 24 heavy (non-hydrogen) atoms. The number of allylic oxidation sites excluding steroid dienone is 1. The van der Waals surface area contributed by atoms with Gasteiger partial charge in [-0.2, -0.15) is 0 Å². The van der Waals surface area contributed by atoms with Crippen molar-refractivity contribution in [2.75, 3.05) is 5.32 Å². The SMILES string of the molecule is CC1=C(C(=O)Nc2ccccc2)[C@@H](c2ccc(O)cc2)NC(=S)N1. The fourth-order valence-electron chi connectivity index (χ4n) is 2.63. The molecule has 1 heterocycles. The molecule has 3 rings (SSSR count). The van der Waals surface area contributed by atoms with Crippen molar-refractivity contribution in [3.63, 3.8) is 0 Å². The van der Waals surface area contributed by atoms with Crippen LogP contribution in [0.1, 0.15) is 18.5 Å². The Kier molecular flexibility index (Phi) is 4.48. The zero-order valence-electron chi connectivity index (χ0n) is 13.0. The van der Waals surface area contributed by atoms with E-state index in [1.54, 1.807) is 24.3 Å². The summed E-state index contributed by atoms with van der Waals surface area (Å²) in [5, 5.41) is 19.0. The molecule has 4 N–H and O–H groups in total. The van der Waals surface area contributed by atoms with Crippen molar-refractivity contribution in [2.45, 2.75) is 13.0 Å². The number of hydrogen-bond donors (Lipinski definition) is 4. The lowest BCUT2D eigenvalue weighted by Gasteiger charge is -2.30. The third kappa shape index (κ3) is 3.38. The quantitative estimate of drug-likeness (QED) is 0.647. The number of amides is 1. The third-order valence-corrected chi connectivity index (χ3v) is 3.99. The van der Waals surface area contributed by atoms with Crippen LogP contribution in [0.4, 0.5) is 5.69 Å². The molecule has 1 amide bonds. The number of rotatable bonds is 3. The number of para-hydroxylation sites is 1. The first kappa shape index (κ1) is 16.0. The van der Waals surface area contributed by atoms with E-state index in [2.05, 4.69) is 16.0 Å². The van der Waals surface area contributed by atoms with Gasteiger partial charge in [0.2, 0.25) is 0 Å². The molecule has 2 aromatic rings. The largest absolute Gasteiger partial charge is 0.508 e. The minimum absolute atomic E-state index is 0.172. The van der Waals surface area contributed by atoms with Crippen molar-refractivity contribution >= 4 is 28.9 Å². The molecule has 0 saturated heterocycles. The maximum Gasteiger partial charge on any atom is 0.255 e. The first-order valence-electron chi connectivity index (χ1n) is 7.48. The average molecular weight is 339 g/mol. The fraction of sp³-hybridized carbons (Fsp3) is 0.111. The van der Waals surface area contributed by atoms with Crippen molar-refractivity contribution in [3.05, 3.63) is 71.4 Å². The van der Waals surface area contributed by atoms with Crippen molar-refractivity contribution < 1.29 is 9.90 Å². The van der Waals surface area contributed by atoms with Crippen molar-refractivity contribution in [3.8, 4) is 5.75 Å². The summed E-state index contributed by atoms with van der Waals surface area (Å²) in [4.78, 5) is 12.8. The fourth-order valence-corrected chi connectivity index (χ4v) is 2.90. The number of phenolic OH excluding ortho intramolecular Hbond substituents is 1. The van der Waals surface area contributed by atoms with E-state index in [0.29, 0.717) is 16.4 Å². The maximum absolute atomic E-state index is 12.8. The maximum atomic E-state index is 12.8. The highest BCUT2D eigenvalue weighted by Gasteiger charge is 2.29. The van der Waals surface area contributed by atoms with Gasteiger partial charge in [-0.1, -0.05) is 30.3 Å². The van der Waals surface area contributed by atoms with E-state index in [0.717, 1.165) is 11.3 Å². The van der Waals surface area contributed by atoms with E-state index < -0.39 is 0 Å². The molecular weight excluding hydrogens is 322 g/mol. The second-order valence-corrected chi connectivity index (χ2v) is 5.89. The number of phenols is 1. The van der Waals surface area contributed by atoms with E-state index in [4.69, 9.17) is 12.2 Å². The number of carbonyl (C=O) groups is 1. The van der Waals surface area contributed by atoms with Crippen molar-refractivity contribution in [1.82, 2.24) is 10.6 Å². The Balaban J connectivity index is 1.94. The predicted octanol–water partition coefficient (Wildman–Crippen LogP) is 2.82. The molecule has 6 heteroatoms. The molecular formula is C18H17N3O2S. The van der Waals surface area contributed by atoms with Crippen LogP contribution in [0.25, 0.3) is 0 Å². The molecule has 0 radical (unpaired) electrons. The summed E-state index contributed by atoms with van der Waals surface area (Å²) in [5.74, 6) is -0.0366. The van der Waals surface area contributed by atoms with Crippen molar-refractivity contribution in [2.24, 2.45) is 0 Å². The standard InChI is InChI=1S/C18H17N3O2S/c1-11-15(17(23)20-13-5-3-2-4-6-13)16(21-18(24)19-11)12-7-9-14(22)10-8-12/h2-10,16,22H,1H3,(H,20,23)(H2,19,21,24)/t16-/m1/s1. The highest BCUT2D eigenvalue weighted by Crippen LogP contribution is 2.28. The summed E-state index contributed by atoms with van der Waals surface area (Å²) < 4.78 is 0. The van der Waals surface area contributed by atoms with Gasteiger partial charge in [0.1, 0.15) is 5.75 Å². The van der Waals surface area contributed by atoms with Gasteiger partial charge in [0.05, 0.1) is 11.6 Å². The minimum Gasteiger partial charge on any atom is -0.508 e. The molecule has 0 aromatic heterocycles. The Morgan fingerprint density at radius 2 is 1.79 bits per heavy atom. The molecule has 0 aliphatic carbocycles. The van der Waals surface area contributed by atoms with Gasteiger partial charge in [-0.3, -0.25) is 4.79 Å². The van der Waals surface area contributed by atoms with E-state index in [9.17, 15) is 9.90 Å². The lowest BCUT2D eigenvalue weighted by atomic mass is 9.95. The van der Waals surface area contributed by atoms with Crippen LogP contribution in [-0.2, 0) is 4.79 Å². The lowest BCUT2D eigenvalue weighted by molar-refractivity contribution is -0.113. The minimum atomic E-state index is -0.386. The highest BCUT2D eigenvalue weighted by atomic mass is 32.1. The van der Waals surface area contributed by atoms with Crippen LogP contribution >= 0.6 is 12.2 Å². The lowest BCUT2D eigenvalue weighted by Crippen LogP contribution is -2.45. The predicted molar refractivity (Wildman–Crippen MR) is 97.5 cm³/mol. The van der Waals surface area contributed by atoms with Crippen LogP contribution in [0, 0.1) is 0 Å². The Morgan fingerprint density at radius 1 is 1.12 bits per heavy atom. The van der Waals surface area contributed by atoms with Gasteiger partial charge in [0, 0.05) is 11.4 Å². The zero-order valence-corrected chi connectivity index (χ0v) is 13.9. The highest BCUT2D eigenvalue weighted by molar-refractivity contribution is 7.80. The average Bonchev–Trinajstić information content (AvgIpc) is 2.55. The molecule has 1 aliphatic rings. The van der Waals surface area contributed by atoms with Crippen LogP contribution in [0.5, 0.6) is 5.75 Å². The topological polar surface area (TPSA) is 73.4 Å². The summed E-state index contributed by atoms with van der Waals surface area (Å²) in [6.45, 7) is 1.82.